The summed E-state index contributed by atoms with van der Waals surface area (Å²) < 4.78 is 25.8. The third kappa shape index (κ3) is 4.08. The first-order valence-electron chi connectivity index (χ1n) is 11.7. The Balaban J connectivity index is 1.48. The van der Waals surface area contributed by atoms with Crippen LogP contribution in [0.5, 0.6) is 11.5 Å². The molecule has 0 saturated carbocycles. The van der Waals surface area contributed by atoms with Crippen LogP contribution < -0.4 is 15.0 Å². The zero-order valence-electron chi connectivity index (χ0n) is 20.3. The molecule has 0 fully saturated rings. The van der Waals surface area contributed by atoms with E-state index in [9.17, 15) is 14.0 Å². The van der Waals surface area contributed by atoms with Gasteiger partial charge in [0.15, 0.2) is 17.2 Å². The van der Waals surface area contributed by atoms with Gasteiger partial charge in [-0.05, 0) is 56.5 Å². The molecule has 0 atom stereocenters. The minimum absolute atomic E-state index is 0.104. The zero-order valence-corrected chi connectivity index (χ0v) is 20.3. The van der Waals surface area contributed by atoms with Crippen molar-refractivity contribution in [2.24, 2.45) is 0 Å². The second kappa shape index (κ2) is 9.44. The molecule has 0 unspecified atom stereocenters. The molecule has 5 rings (SSSR count). The topological polar surface area (TPSA) is 102 Å². The molecule has 0 spiro atoms. The predicted molar refractivity (Wildman–Crippen MR) is 131 cm³/mol. The van der Waals surface area contributed by atoms with Crippen LogP contribution in [0.2, 0.25) is 0 Å². The third-order valence-electron chi connectivity index (χ3n) is 6.47. The van der Waals surface area contributed by atoms with Crippen LogP contribution in [-0.4, -0.2) is 51.3 Å². The fraction of sp³-hybridized carbons (Fsp3) is 0.308. The number of nitrogens with zero attached hydrogens (tertiary/aromatic N) is 4. The molecule has 10 heteroatoms. The van der Waals surface area contributed by atoms with Gasteiger partial charge in [-0.2, -0.15) is 5.10 Å². The summed E-state index contributed by atoms with van der Waals surface area (Å²) >= 11 is 0. The summed E-state index contributed by atoms with van der Waals surface area (Å²) in [6.07, 6.45) is 2.47. The molecule has 9 nitrogen and oxygen atoms in total. The number of hydrogen-bond donors (Lipinski definition) is 1. The molecule has 0 saturated heterocycles. The lowest BCUT2D eigenvalue weighted by molar-refractivity contribution is 0.0741. The minimum atomic E-state index is -0.332. The second-order valence-electron chi connectivity index (χ2n) is 8.57. The van der Waals surface area contributed by atoms with Gasteiger partial charge in [-0.15, -0.1) is 0 Å². The summed E-state index contributed by atoms with van der Waals surface area (Å²) in [5.41, 5.74) is 3.08. The van der Waals surface area contributed by atoms with E-state index < -0.39 is 0 Å². The molecular weight excluding hydrogens is 465 g/mol. The fourth-order valence-electron chi connectivity index (χ4n) is 4.65. The number of rotatable bonds is 7. The maximum Gasteiger partial charge on any atom is 0.275 e. The molecule has 2 aromatic carbocycles. The molecular formula is C26H26FN5O4. The minimum Gasteiger partial charge on any atom is -0.493 e. The highest BCUT2D eigenvalue weighted by molar-refractivity contribution is 5.94. The van der Waals surface area contributed by atoms with E-state index in [1.807, 2.05) is 6.92 Å². The van der Waals surface area contributed by atoms with Crippen molar-refractivity contribution in [3.05, 3.63) is 75.3 Å². The van der Waals surface area contributed by atoms with Gasteiger partial charge in [-0.3, -0.25) is 9.59 Å². The van der Waals surface area contributed by atoms with Gasteiger partial charge in [0.25, 0.3) is 11.5 Å². The van der Waals surface area contributed by atoms with Crippen LogP contribution in [-0.2, 0) is 19.4 Å². The summed E-state index contributed by atoms with van der Waals surface area (Å²) in [6.45, 7) is 2.36. The monoisotopic (exact) mass is 491 g/mol. The highest BCUT2D eigenvalue weighted by atomic mass is 19.1. The smallest absolute Gasteiger partial charge is 0.275 e. The summed E-state index contributed by atoms with van der Waals surface area (Å²) in [7, 11) is 3.01. The highest BCUT2D eigenvalue weighted by Gasteiger charge is 2.29. The van der Waals surface area contributed by atoms with Crippen molar-refractivity contribution in [3.8, 4) is 17.2 Å². The standard InChI is InChI=1S/C26H26FN5O4/c1-4-31(14-23-28-19-13-22(36-3)21(35-2)12-18(19)25(33)29-23)26(34)24-17-6-5-7-20(17)32(30-24)16-10-8-15(27)9-11-16/h8-13H,4-7,14H2,1-3H3,(H,28,29,33). The Labute approximate surface area is 206 Å². The Morgan fingerprint density at radius 2 is 1.86 bits per heavy atom. The molecule has 36 heavy (non-hydrogen) atoms. The third-order valence-corrected chi connectivity index (χ3v) is 6.47. The van der Waals surface area contributed by atoms with Crippen molar-refractivity contribution in [1.29, 1.82) is 0 Å². The average Bonchev–Trinajstić information content (AvgIpc) is 3.50. The Morgan fingerprint density at radius 1 is 1.14 bits per heavy atom. The Kier molecular flexibility index (Phi) is 6.17. The van der Waals surface area contributed by atoms with E-state index in [1.165, 1.54) is 26.4 Å². The molecule has 2 aromatic heterocycles. The molecule has 4 aromatic rings. The van der Waals surface area contributed by atoms with Gasteiger partial charge in [-0.1, -0.05) is 0 Å². The van der Waals surface area contributed by atoms with Crippen LogP contribution in [0.25, 0.3) is 16.6 Å². The molecule has 1 N–H and O–H groups in total. The maximum atomic E-state index is 13.6. The van der Waals surface area contributed by atoms with Crippen LogP contribution in [0.15, 0.2) is 41.2 Å². The molecule has 0 radical (unpaired) electrons. The zero-order chi connectivity index (χ0) is 25.4. The van der Waals surface area contributed by atoms with Gasteiger partial charge in [0.05, 0.1) is 37.4 Å². The SMILES string of the molecule is CCN(Cc1nc2cc(OC)c(OC)cc2c(=O)[nH]1)C(=O)c1nn(-c2ccc(F)cc2)c2c1CCC2. The van der Waals surface area contributed by atoms with Crippen molar-refractivity contribution < 1.29 is 18.7 Å². The highest BCUT2D eigenvalue weighted by Crippen LogP contribution is 2.31. The number of ether oxygens (including phenoxy) is 2. The lowest BCUT2D eigenvalue weighted by Gasteiger charge is -2.20. The Morgan fingerprint density at radius 3 is 2.56 bits per heavy atom. The van der Waals surface area contributed by atoms with Crippen LogP contribution in [0.1, 0.15) is 40.9 Å². The van der Waals surface area contributed by atoms with E-state index in [0.717, 1.165) is 30.5 Å². The summed E-state index contributed by atoms with van der Waals surface area (Å²) in [5, 5.41) is 4.99. The van der Waals surface area contributed by atoms with Gasteiger partial charge in [0.2, 0.25) is 0 Å². The number of fused-ring (bicyclic) bond motifs is 2. The summed E-state index contributed by atoms with van der Waals surface area (Å²) in [4.78, 5) is 35.3. The van der Waals surface area contributed by atoms with Crippen LogP contribution >= 0.6 is 0 Å². The van der Waals surface area contributed by atoms with Crippen LogP contribution in [0.4, 0.5) is 4.39 Å². The average molecular weight is 492 g/mol. The number of nitrogens with one attached hydrogen (secondary N) is 1. The number of halogens is 1. The van der Waals surface area contributed by atoms with E-state index in [0.29, 0.717) is 46.2 Å². The number of aromatic nitrogens is 4. The number of carbonyl (C=O) groups excluding carboxylic acids is 1. The van der Waals surface area contributed by atoms with E-state index in [2.05, 4.69) is 15.1 Å². The second-order valence-corrected chi connectivity index (χ2v) is 8.57. The molecule has 186 valence electrons. The number of benzene rings is 2. The lowest BCUT2D eigenvalue weighted by Crippen LogP contribution is -2.33. The predicted octanol–water partition coefficient (Wildman–Crippen LogP) is 3.42. The number of H-pyrrole nitrogens is 1. The van der Waals surface area contributed by atoms with Crippen molar-refractivity contribution in [3.63, 3.8) is 0 Å². The van der Waals surface area contributed by atoms with Crippen molar-refractivity contribution in [2.45, 2.75) is 32.7 Å². The van der Waals surface area contributed by atoms with Crippen molar-refractivity contribution in [1.82, 2.24) is 24.6 Å². The molecule has 0 aliphatic heterocycles. The first-order chi connectivity index (χ1) is 17.4. The molecule has 1 amide bonds. The molecule has 1 aliphatic carbocycles. The van der Waals surface area contributed by atoms with Crippen molar-refractivity contribution >= 4 is 16.8 Å². The van der Waals surface area contributed by atoms with E-state index >= 15 is 0 Å². The number of hydrogen-bond acceptors (Lipinski definition) is 6. The number of aromatic amines is 1. The maximum absolute atomic E-state index is 13.6. The van der Waals surface area contributed by atoms with E-state index in [1.54, 1.807) is 33.8 Å². The fourth-order valence-corrected chi connectivity index (χ4v) is 4.65. The molecule has 2 heterocycles. The van der Waals surface area contributed by atoms with Gasteiger partial charge < -0.3 is 19.4 Å². The quantitative estimate of drug-likeness (QED) is 0.425. The van der Waals surface area contributed by atoms with Crippen LogP contribution in [0, 0.1) is 5.82 Å². The largest absolute Gasteiger partial charge is 0.493 e. The van der Waals surface area contributed by atoms with Gasteiger partial charge >= 0.3 is 0 Å². The van der Waals surface area contributed by atoms with Crippen LogP contribution in [0.3, 0.4) is 0 Å². The van der Waals surface area contributed by atoms with Crippen molar-refractivity contribution in [2.75, 3.05) is 20.8 Å². The van der Waals surface area contributed by atoms with E-state index in [4.69, 9.17) is 9.47 Å². The Hall–Kier alpha value is -4.21. The number of amides is 1. The van der Waals surface area contributed by atoms with Gasteiger partial charge in [0.1, 0.15) is 11.6 Å². The van der Waals surface area contributed by atoms with E-state index in [-0.39, 0.29) is 23.8 Å². The van der Waals surface area contributed by atoms with Gasteiger partial charge in [-0.25, -0.2) is 14.1 Å². The normalized spacial score (nSPS) is 12.6. The Bertz CT molecular complexity index is 1510. The summed E-state index contributed by atoms with van der Waals surface area (Å²) in [5.74, 6) is 0.667. The molecule has 1 aliphatic rings. The molecule has 0 bridgehead atoms. The lowest BCUT2D eigenvalue weighted by atomic mass is 10.1. The first kappa shape index (κ1) is 23.5. The summed E-state index contributed by atoms with van der Waals surface area (Å²) in [6, 6.07) is 9.29. The number of methoxy groups -OCH3 is 2. The first-order valence-corrected chi connectivity index (χ1v) is 11.7. The van der Waals surface area contributed by atoms with Gasteiger partial charge in [0, 0.05) is 23.9 Å². The number of carbonyl (C=O) groups is 1.